The lowest BCUT2D eigenvalue weighted by Crippen LogP contribution is -2.04. The van der Waals surface area contributed by atoms with Gasteiger partial charge in [0, 0.05) is 16.5 Å². The number of alkyl halides is 6. The highest BCUT2D eigenvalue weighted by atomic mass is 19.4. The van der Waals surface area contributed by atoms with Crippen LogP contribution in [0.4, 0.5) is 26.3 Å². The Kier molecular flexibility index (Phi) is 7.45. The molecule has 0 bridgehead atoms. The van der Waals surface area contributed by atoms with Crippen molar-refractivity contribution in [3.05, 3.63) is 175 Å². The molecule has 0 fully saturated rings. The molecule has 0 aliphatic rings. The third-order valence-electron chi connectivity index (χ3n) is 10.1. The number of aromatic nitrogens is 1. The van der Waals surface area contributed by atoms with Crippen LogP contribution in [0.15, 0.2) is 164 Å². The van der Waals surface area contributed by atoms with Crippen molar-refractivity contribution >= 4 is 43.4 Å². The number of rotatable bonds is 4. The molecule has 258 valence electrons. The molecule has 0 aliphatic heterocycles. The number of hydrogen-bond acceptors (Lipinski definition) is 0. The number of hydrogen-bond donors (Lipinski definition) is 0. The van der Waals surface area contributed by atoms with Crippen molar-refractivity contribution in [1.29, 1.82) is 0 Å². The summed E-state index contributed by atoms with van der Waals surface area (Å²) in [5.41, 5.74) is 6.17. The molecule has 0 spiro atoms. The van der Waals surface area contributed by atoms with Crippen LogP contribution >= 0.6 is 0 Å². The zero-order valence-electron chi connectivity index (χ0n) is 27.8. The molecule has 0 atom stereocenters. The van der Waals surface area contributed by atoms with Crippen LogP contribution in [-0.2, 0) is 12.4 Å². The second kappa shape index (κ2) is 12.1. The predicted molar refractivity (Wildman–Crippen MR) is 202 cm³/mol. The van der Waals surface area contributed by atoms with Crippen molar-refractivity contribution in [3.8, 4) is 39.1 Å². The molecular weight excluding hydrogens is 681 g/mol. The van der Waals surface area contributed by atoms with Crippen LogP contribution in [0, 0.1) is 0 Å². The molecule has 0 unspecified atom stereocenters. The van der Waals surface area contributed by atoms with Crippen molar-refractivity contribution in [2.24, 2.45) is 0 Å². The van der Waals surface area contributed by atoms with Crippen molar-refractivity contribution in [2.75, 3.05) is 0 Å². The van der Waals surface area contributed by atoms with E-state index in [9.17, 15) is 26.3 Å². The molecule has 0 aliphatic carbocycles. The van der Waals surface area contributed by atoms with Crippen molar-refractivity contribution < 1.29 is 26.3 Å². The summed E-state index contributed by atoms with van der Waals surface area (Å²) in [5.74, 6) is 0. The first-order valence-electron chi connectivity index (χ1n) is 17.0. The van der Waals surface area contributed by atoms with E-state index in [0.717, 1.165) is 95.6 Å². The summed E-state index contributed by atoms with van der Waals surface area (Å²) in [5, 5.41) is 5.40. The second-order valence-electron chi connectivity index (χ2n) is 13.1. The molecule has 0 saturated heterocycles. The molecule has 1 nitrogen and oxygen atoms in total. The van der Waals surface area contributed by atoms with Crippen LogP contribution in [0.5, 0.6) is 0 Å². The lowest BCUT2D eigenvalue weighted by atomic mass is 9.84. The summed E-state index contributed by atoms with van der Waals surface area (Å²) in [6.07, 6.45) is -8.98. The number of para-hydroxylation sites is 2. The van der Waals surface area contributed by atoms with E-state index in [0.29, 0.717) is 11.1 Å². The summed E-state index contributed by atoms with van der Waals surface area (Å²) in [4.78, 5) is 0. The van der Waals surface area contributed by atoms with Gasteiger partial charge in [-0.15, -0.1) is 0 Å². The van der Waals surface area contributed by atoms with Gasteiger partial charge in [0.2, 0.25) is 0 Å². The van der Waals surface area contributed by atoms with Crippen molar-refractivity contribution in [3.63, 3.8) is 0 Å². The van der Waals surface area contributed by atoms with Crippen LogP contribution in [0.25, 0.3) is 82.4 Å². The van der Waals surface area contributed by atoms with E-state index in [4.69, 9.17) is 0 Å². The first-order valence-corrected chi connectivity index (χ1v) is 17.0. The molecule has 9 rings (SSSR count). The molecule has 1 heterocycles. The van der Waals surface area contributed by atoms with Crippen LogP contribution in [-0.4, -0.2) is 4.57 Å². The quantitative estimate of drug-likeness (QED) is 0.127. The first-order chi connectivity index (χ1) is 25.6. The third kappa shape index (κ3) is 5.51. The van der Waals surface area contributed by atoms with Gasteiger partial charge in [0.15, 0.2) is 0 Å². The zero-order valence-corrected chi connectivity index (χ0v) is 27.8. The van der Waals surface area contributed by atoms with Gasteiger partial charge in [0.05, 0.1) is 22.2 Å². The highest BCUT2D eigenvalue weighted by Crippen LogP contribution is 2.46. The largest absolute Gasteiger partial charge is 0.416 e. The minimum Gasteiger partial charge on any atom is -0.309 e. The summed E-state index contributed by atoms with van der Waals surface area (Å²) < 4.78 is 83.7. The Bertz CT molecular complexity index is 2770. The molecule has 0 saturated carbocycles. The summed E-state index contributed by atoms with van der Waals surface area (Å²) in [6.45, 7) is 0. The standard InChI is InChI=1S/C46H27F6N/c47-45(48,49)32-20-13-29(14-21-32)43-37-9-1-2-10-38(37)44(30-15-22-33(23-16-30)46(50,51)52)40-27-31(19-26-39(40)43)28-17-24-34(25-18-28)53-41-11-5-3-7-35(41)36-8-4-6-12-42(36)53/h1-27H. The molecular formula is C46H27F6N. The minimum atomic E-state index is -4.49. The van der Waals surface area contributed by atoms with Gasteiger partial charge in [-0.25, -0.2) is 0 Å². The van der Waals surface area contributed by atoms with E-state index < -0.39 is 23.5 Å². The van der Waals surface area contributed by atoms with E-state index in [1.165, 1.54) is 24.3 Å². The lowest BCUT2D eigenvalue weighted by molar-refractivity contribution is -0.138. The van der Waals surface area contributed by atoms with E-state index in [2.05, 4.69) is 53.1 Å². The van der Waals surface area contributed by atoms with Crippen LogP contribution in [0.2, 0.25) is 0 Å². The monoisotopic (exact) mass is 707 g/mol. The van der Waals surface area contributed by atoms with Gasteiger partial charge in [-0.2, -0.15) is 26.3 Å². The van der Waals surface area contributed by atoms with Crippen molar-refractivity contribution in [1.82, 2.24) is 4.57 Å². The fourth-order valence-corrected chi connectivity index (χ4v) is 7.64. The first kappa shape index (κ1) is 32.6. The Hall–Kier alpha value is -6.34. The summed E-state index contributed by atoms with van der Waals surface area (Å²) in [7, 11) is 0. The number of nitrogens with zero attached hydrogens (tertiary/aromatic N) is 1. The topological polar surface area (TPSA) is 4.93 Å². The summed E-state index contributed by atoms with van der Waals surface area (Å²) >= 11 is 0. The number of benzene rings is 8. The van der Waals surface area contributed by atoms with Gasteiger partial charge in [-0.1, -0.05) is 109 Å². The van der Waals surface area contributed by atoms with Crippen LogP contribution in [0.1, 0.15) is 11.1 Å². The van der Waals surface area contributed by atoms with Crippen LogP contribution < -0.4 is 0 Å². The van der Waals surface area contributed by atoms with Crippen molar-refractivity contribution in [2.45, 2.75) is 12.4 Å². The van der Waals surface area contributed by atoms with Gasteiger partial charge in [-0.05, 0) is 110 Å². The molecule has 0 radical (unpaired) electrons. The highest BCUT2D eigenvalue weighted by molar-refractivity contribution is 6.22. The molecule has 7 heteroatoms. The Morgan fingerprint density at radius 1 is 0.321 bits per heavy atom. The van der Waals surface area contributed by atoms with E-state index in [1.807, 2.05) is 66.7 Å². The van der Waals surface area contributed by atoms with Gasteiger partial charge in [-0.3, -0.25) is 0 Å². The maximum atomic E-state index is 13.6. The molecule has 0 amide bonds. The average molecular weight is 708 g/mol. The zero-order chi connectivity index (χ0) is 36.5. The van der Waals surface area contributed by atoms with E-state index >= 15 is 0 Å². The third-order valence-corrected chi connectivity index (χ3v) is 10.1. The second-order valence-corrected chi connectivity index (χ2v) is 13.1. The molecule has 8 aromatic carbocycles. The molecule has 53 heavy (non-hydrogen) atoms. The number of halogens is 6. The fraction of sp³-hybridized carbons (Fsp3) is 0.0435. The summed E-state index contributed by atoms with van der Waals surface area (Å²) in [6, 6.07) is 48.5. The maximum Gasteiger partial charge on any atom is 0.416 e. The highest BCUT2D eigenvalue weighted by Gasteiger charge is 2.31. The predicted octanol–water partition coefficient (Wildman–Crippen LogP) is 14.1. The minimum absolute atomic E-state index is 0.594. The van der Waals surface area contributed by atoms with Gasteiger partial charge < -0.3 is 4.57 Å². The Morgan fingerprint density at radius 2 is 0.698 bits per heavy atom. The molecule has 1 aromatic heterocycles. The van der Waals surface area contributed by atoms with E-state index in [1.54, 1.807) is 0 Å². The number of fused-ring (bicyclic) bond motifs is 5. The Labute approximate surface area is 300 Å². The molecule has 0 N–H and O–H groups in total. The van der Waals surface area contributed by atoms with Gasteiger partial charge in [0.1, 0.15) is 0 Å². The average Bonchev–Trinajstić information content (AvgIpc) is 3.50. The van der Waals surface area contributed by atoms with E-state index in [-0.39, 0.29) is 0 Å². The van der Waals surface area contributed by atoms with Gasteiger partial charge in [0.25, 0.3) is 0 Å². The Balaban J connectivity index is 1.25. The van der Waals surface area contributed by atoms with Gasteiger partial charge >= 0.3 is 12.4 Å². The molecule has 9 aromatic rings. The SMILES string of the molecule is FC(F)(F)c1ccc(-c2c3ccccc3c(-c3ccc(C(F)(F)F)cc3)c3cc(-c4ccc(-n5c6ccccc6c6ccccc65)cc4)ccc23)cc1. The maximum absolute atomic E-state index is 13.6. The van der Waals surface area contributed by atoms with Crippen LogP contribution in [0.3, 0.4) is 0 Å². The lowest BCUT2D eigenvalue weighted by Gasteiger charge is -2.19. The fourth-order valence-electron chi connectivity index (χ4n) is 7.64. The normalized spacial score (nSPS) is 12.3. The smallest absolute Gasteiger partial charge is 0.309 e. The Morgan fingerprint density at radius 3 is 1.17 bits per heavy atom.